The molecule has 0 aliphatic carbocycles. The van der Waals surface area contributed by atoms with Crippen LogP contribution in [0, 0.1) is 13.8 Å². The molecule has 35 heavy (non-hydrogen) atoms. The number of carbonyl (C=O) groups is 1. The van der Waals surface area contributed by atoms with E-state index >= 15 is 0 Å². The second kappa shape index (κ2) is 8.39. The second-order valence-corrected chi connectivity index (χ2v) is 8.80. The van der Waals surface area contributed by atoms with Gasteiger partial charge in [0.2, 0.25) is 0 Å². The molecule has 0 saturated heterocycles. The molecule has 8 nitrogen and oxygen atoms in total. The lowest BCUT2D eigenvalue weighted by molar-refractivity contribution is 0.0691. The lowest BCUT2D eigenvalue weighted by atomic mass is 10.00. The van der Waals surface area contributed by atoms with Crippen LogP contribution in [0.1, 0.15) is 40.3 Å². The summed E-state index contributed by atoms with van der Waals surface area (Å²) in [6.45, 7) is 5.55. The average Bonchev–Trinajstić information content (AvgIpc) is 3.19. The van der Waals surface area contributed by atoms with Gasteiger partial charge in [-0.05, 0) is 62.7 Å². The third-order valence-electron chi connectivity index (χ3n) is 5.98. The van der Waals surface area contributed by atoms with Crippen LogP contribution in [0.5, 0.6) is 0 Å². The number of hydrogen-bond donors (Lipinski definition) is 2. The molecule has 176 valence electrons. The topological polar surface area (TPSA) is 110 Å². The minimum absolute atomic E-state index is 0.0549. The predicted molar refractivity (Wildman–Crippen MR) is 135 cm³/mol. The van der Waals surface area contributed by atoms with Crippen LogP contribution in [0.3, 0.4) is 0 Å². The first-order valence-corrected chi connectivity index (χ1v) is 11.2. The molecular formula is C27H24N4O4. The zero-order valence-electron chi connectivity index (χ0n) is 19.8. The van der Waals surface area contributed by atoms with E-state index in [0.29, 0.717) is 28.1 Å². The van der Waals surface area contributed by atoms with Gasteiger partial charge >= 0.3 is 5.97 Å². The second-order valence-electron chi connectivity index (χ2n) is 8.80. The van der Waals surface area contributed by atoms with Gasteiger partial charge in [0.25, 0.3) is 0 Å². The fourth-order valence-electron chi connectivity index (χ4n) is 4.35. The monoisotopic (exact) mass is 468 g/mol. The van der Waals surface area contributed by atoms with Gasteiger partial charge in [-0.25, -0.2) is 9.78 Å². The number of carboxylic acids is 1. The van der Waals surface area contributed by atoms with Crippen molar-refractivity contribution in [2.24, 2.45) is 7.05 Å². The van der Waals surface area contributed by atoms with Crippen LogP contribution >= 0.6 is 0 Å². The first-order valence-electron chi connectivity index (χ1n) is 11.2. The van der Waals surface area contributed by atoms with Gasteiger partial charge in [-0.2, -0.15) is 5.10 Å². The molecule has 5 rings (SSSR count). The van der Waals surface area contributed by atoms with E-state index in [1.807, 2.05) is 57.4 Å². The number of aromatic carboxylic acids is 1. The highest BCUT2D eigenvalue weighted by Crippen LogP contribution is 2.32. The van der Waals surface area contributed by atoms with Crippen LogP contribution in [-0.2, 0) is 7.05 Å². The summed E-state index contributed by atoms with van der Waals surface area (Å²) in [5.74, 6) is -0.661. The van der Waals surface area contributed by atoms with Gasteiger partial charge in [0.15, 0.2) is 11.1 Å². The Morgan fingerprint density at radius 3 is 2.69 bits per heavy atom. The lowest BCUT2D eigenvalue weighted by Gasteiger charge is -2.19. The van der Waals surface area contributed by atoms with Crippen LogP contribution < -0.4 is 10.7 Å². The molecule has 2 aromatic carbocycles. The molecule has 5 aromatic rings. The van der Waals surface area contributed by atoms with Crippen molar-refractivity contribution in [1.29, 1.82) is 0 Å². The summed E-state index contributed by atoms with van der Waals surface area (Å²) in [4.78, 5) is 29.0. The number of benzene rings is 2. The number of aromatic nitrogens is 3. The molecule has 0 radical (unpaired) electrons. The number of anilines is 1. The molecule has 0 aliphatic rings. The quantitative estimate of drug-likeness (QED) is 0.363. The van der Waals surface area contributed by atoms with E-state index in [2.05, 4.69) is 15.4 Å². The van der Waals surface area contributed by atoms with Gasteiger partial charge in [-0.3, -0.25) is 9.48 Å². The summed E-state index contributed by atoms with van der Waals surface area (Å²) in [5.41, 5.74) is 4.54. The van der Waals surface area contributed by atoms with Crippen molar-refractivity contribution < 1.29 is 14.3 Å². The number of fused-ring (bicyclic) bond motifs is 2. The Morgan fingerprint density at radius 2 is 1.91 bits per heavy atom. The molecule has 0 saturated carbocycles. The lowest BCUT2D eigenvalue weighted by Crippen LogP contribution is -2.14. The molecule has 0 amide bonds. The smallest absolute Gasteiger partial charge is 0.356 e. The molecule has 0 bridgehead atoms. The van der Waals surface area contributed by atoms with Gasteiger partial charge < -0.3 is 14.8 Å². The molecule has 0 aliphatic heterocycles. The van der Waals surface area contributed by atoms with Gasteiger partial charge in [0.05, 0.1) is 22.6 Å². The normalized spacial score (nSPS) is 12.2. The zero-order valence-corrected chi connectivity index (χ0v) is 19.8. The molecule has 1 atom stereocenters. The van der Waals surface area contributed by atoms with E-state index in [1.165, 1.54) is 6.07 Å². The summed E-state index contributed by atoms with van der Waals surface area (Å²) in [6.07, 6.45) is 1.91. The molecule has 8 heteroatoms. The number of pyridine rings is 1. The Bertz CT molecular complexity index is 1680. The molecular weight excluding hydrogens is 444 g/mol. The largest absolute Gasteiger partial charge is 0.476 e. The van der Waals surface area contributed by atoms with E-state index < -0.39 is 5.97 Å². The molecule has 2 N–H and O–H groups in total. The number of nitrogens with zero attached hydrogens (tertiary/aromatic N) is 3. The van der Waals surface area contributed by atoms with Crippen molar-refractivity contribution in [3.63, 3.8) is 0 Å². The molecule has 3 aromatic heterocycles. The highest BCUT2D eigenvalue weighted by Gasteiger charge is 2.19. The van der Waals surface area contributed by atoms with E-state index in [-0.39, 0.29) is 17.2 Å². The fourth-order valence-corrected chi connectivity index (χ4v) is 4.35. The summed E-state index contributed by atoms with van der Waals surface area (Å²) < 4.78 is 8.07. The molecule has 0 fully saturated rings. The number of carboxylic acid groups (broad SMARTS) is 1. The maximum atomic E-state index is 13.1. The van der Waals surface area contributed by atoms with Crippen molar-refractivity contribution in [3.05, 3.63) is 87.5 Å². The summed E-state index contributed by atoms with van der Waals surface area (Å²) >= 11 is 0. The van der Waals surface area contributed by atoms with E-state index in [1.54, 1.807) is 23.7 Å². The summed E-state index contributed by atoms with van der Waals surface area (Å²) in [7, 11) is 1.86. The predicted octanol–water partition coefficient (Wildman–Crippen LogP) is 5.23. The van der Waals surface area contributed by atoms with Gasteiger partial charge in [0.1, 0.15) is 11.3 Å². The Kier molecular flexibility index (Phi) is 5.36. The maximum absolute atomic E-state index is 13.1. The summed E-state index contributed by atoms with van der Waals surface area (Å²) in [5, 5.41) is 18.7. The highest BCUT2D eigenvalue weighted by molar-refractivity contribution is 5.92. The van der Waals surface area contributed by atoms with Crippen molar-refractivity contribution in [3.8, 4) is 11.3 Å². The van der Waals surface area contributed by atoms with E-state index in [4.69, 9.17) is 4.42 Å². The SMILES string of the molecule is Cc1cc(C(C)Nc2ccc(C)nc2C(=O)O)c2oc(-c3ccc4nn(C)cc4c3)cc(=O)c2c1. The van der Waals surface area contributed by atoms with Crippen molar-refractivity contribution in [2.75, 3.05) is 5.32 Å². The van der Waals surface area contributed by atoms with Gasteiger partial charge in [-0.1, -0.05) is 6.07 Å². The minimum Gasteiger partial charge on any atom is -0.476 e. The van der Waals surface area contributed by atoms with Crippen LogP contribution in [0.25, 0.3) is 33.2 Å². The third kappa shape index (κ3) is 4.14. The Hall–Kier alpha value is -4.46. The average molecular weight is 469 g/mol. The highest BCUT2D eigenvalue weighted by atomic mass is 16.4. The Balaban J connectivity index is 1.63. The van der Waals surface area contributed by atoms with Crippen LogP contribution in [0.15, 0.2) is 63.9 Å². The number of hydrogen-bond acceptors (Lipinski definition) is 6. The molecule has 0 spiro atoms. The third-order valence-corrected chi connectivity index (χ3v) is 5.98. The van der Waals surface area contributed by atoms with Crippen molar-refractivity contribution >= 4 is 33.5 Å². The number of aryl methyl sites for hydroxylation is 3. The molecule has 1 unspecified atom stereocenters. The standard InChI is InChI=1S/C27H24N4O4/c1-14-9-19(16(3)29-22-7-5-15(2)28-25(22)27(33)34)26-20(10-14)23(32)12-24(35-26)17-6-8-21-18(11-17)13-31(4)30-21/h5-13,16,29H,1-4H3,(H,33,34). The van der Waals surface area contributed by atoms with Crippen molar-refractivity contribution in [2.45, 2.75) is 26.8 Å². The van der Waals surface area contributed by atoms with Crippen molar-refractivity contribution in [1.82, 2.24) is 14.8 Å². The fraction of sp³-hybridized carbons (Fsp3) is 0.185. The van der Waals surface area contributed by atoms with Crippen LogP contribution in [-0.4, -0.2) is 25.8 Å². The number of nitrogens with one attached hydrogen (secondary N) is 1. The minimum atomic E-state index is -1.11. The maximum Gasteiger partial charge on any atom is 0.356 e. The first-order chi connectivity index (χ1) is 16.7. The first kappa shape index (κ1) is 22.3. The van der Waals surface area contributed by atoms with Gasteiger partial charge in [0, 0.05) is 41.5 Å². The Morgan fingerprint density at radius 1 is 1.11 bits per heavy atom. The van der Waals surface area contributed by atoms with E-state index in [0.717, 1.165) is 27.6 Å². The van der Waals surface area contributed by atoms with Crippen LogP contribution in [0.2, 0.25) is 0 Å². The Labute approximate surface area is 200 Å². The number of rotatable bonds is 5. The zero-order chi connectivity index (χ0) is 24.9. The van der Waals surface area contributed by atoms with Gasteiger partial charge in [-0.15, -0.1) is 0 Å². The molecule has 3 heterocycles. The van der Waals surface area contributed by atoms with Crippen LogP contribution in [0.4, 0.5) is 5.69 Å². The summed E-state index contributed by atoms with van der Waals surface area (Å²) in [6, 6.07) is 14.1. The van der Waals surface area contributed by atoms with E-state index in [9.17, 15) is 14.7 Å².